The summed E-state index contributed by atoms with van der Waals surface area (Å²) in [5.41, 5.74) is 3.34. The van der Waals surface area contributed by atoms with E-state index < -0.39 is 5.82 Å². The van der Waals surface area contributed by atoms with Crippen LogP contribution in [0.15, 0.2) is 60.9 Å². The summed E-state index contributed by atoms with van der Waals surface area (Å²) in [7, 11) is 0. The van der Waals surface area contributed by atoms with Gasteiger partial charge < -0.3 is 9.64 Å². The molecule has 160 valence electrons. The Bertz CT molecular complexity index is 1040. The average Bonchev–Trinajstić information content (AvgIpc) is 2.79. The van der Waals surface area contributed by atoms with E-state index >= 15 is 0 Å². The second-order valence-electron chi connectivity index (χ2n) is 8.14. The number of pyridine rings is 2. The van der Waals surface area contributed by atoms with Gasteiger partial charge in [-0.05, 0) is 51.0 Å². The van der Waals surface area contributed by atoms with Gasteiger partial charge in [-0.3, -0.25) is 9.78 Å². The third-order valence-electron chi connectivity index (χ3n) is 5.75. The zero-order valence-corrected chi connectivity index (χ0v) is 17.8. The summed E-state index contributed by atoms with van der Waals surface area (Å²) in [6, 6.07) is 14.6. The highest BCUT2D eigenvalue weighted by atomic mass is 19.1. The first-order valence-electron chi connectivity index (χ1n) is 10.6. The van der Waals surface area contributed by atoms with Gasteiger partial charge in [0.25, 0.3) is 5.91 Å². The van der Waals surface area contributed by atoms with Crippen LogP contribution in [0.3, 0.4) is 0 Å². The number of hydrogen-bond donors (Lipinski definition) is 0. The van der Waals surface area contributed by atoms with Crippen molar-refractivity contribution in [1.29, 1.82) is 0 Å². The van der Waals surface area contributed by atoms with Crippen LogP contribution in [0.5, 0.6) is 5.88 Å². The number of hydrogen-bond acceptors (Lipinski definition) is 4. The maximum absolute atomic E-state index is 13.6. The molecule has 1 aliphatic heterocycles. The van der Waals surface area contributed by atoms with Crippen LogP contribution in [0, 0.1) is 18.7 Å². The second-order valence-corrected chi connectivity index (χ2v) is 8.14. The molecule has 3 aromatic rings. The molecule has 1 aromatic carbocycles. The monoisotopic (exact) mass is 419 g/mol. The summed E-state index contributed by atoms with van der Waals surface area (Å²) in [6.07, 6.45) is 4.75. The van der Waals surface area contributed by atoms with Gasteiger partial charge in [-0.15, -0.1) is 0 Å². The fourth-order valence-corrected chi connectivity index (χ4v) is 3.99. The molecule has 1 aliphatic rings. The molecule has 0 unspecified atom stereocenters. The van der Waals surface area contributed by atoms with Crippen LogP contribution in [0.1, 0.15) is 35.7 Å². The summed E-state index contributed by atoms with van der Waals surface area (Å²) in [5.74, 6) is 0.211. The molecule has 5 nitrogen and oxygen atoms in total. The number of carbonyl (C=O) groups is 1. The van der Waals surface area contributed by atoms with Gasteiger partial charge in [-0.2, -0.15) is 0 Å². The third-order valence-corrected chi connectivity index (χ3v) is 5.75. The van der Waals surface area contributed by atoms with Gasteiger partial charge in [-0.1, -0.05) is 23.8 Å². The molecule has 0 aliphatic carbocycles. The Morgan fingerprint density at radius 3 is 2.77 bits per heavy atom. The van der Waals surface area contributed by atoms with Gasteiger partial charge in [0.2, 0.25) is 5.88 Å². The number of nitrogens with zero attached hydrogens (tertiary/aromatic N) is 3. The van der Waals surface area contributed by atoms with Gasteiger partial charge in [0.15, 0.2) is 0 Å². The van der Waals surface area contributed by atoms with E-state index in [2.05, 4.69) is 16.9 Å². The Morgan fingerprint density at radius 1 is 1.16 bits per heavy atom. The molecule has 1 saturated heterocycles. The minimum absolute atomic E-state index is 0.0152. The van der Waals surface area contributed by atoms with Gasteiger partial charge in [-0.25, -0.2) is 9.37 Å². The smallest absolute Gasteiger partial charge is 0.254 e. The van der Waals surface area contributed by atoms with Crippen LogP contribution >= 0.6 is 0 Å². The van der Waals surface area contributed by atoms with Crippen molar-refractivity contribution in [3.05, 3.63) is 77.9 Å². The maximum atomic E-state index is 13.6. The lowest BCUT2D eigenvalue weighted by Crippen LogP contribution is -2.47. The molecule has 0 spiro atoms. The molecule has 0 radical (unpaired) electrons. The number of halogens is 1. The van der Waals surface area contributed by atoms with Gasteiger partial charge in [0, 0.05) is 41.9 Å². The van der Waals surface area contributed by atoms with E-state index in [-0.39, 0.29) is 17.9 Å². The number of benzene rings is 1. The van der Waals surface area contributed by atoms with E-state index in [1.54, 1.807) is 6.20 Å². The summed E-state index contributed by atoms with van der Waals surface area (Å²) in [4.78, 5) is 24.0. The Morgan fingerprint density at radius 2 is 2.03 bits per heavy atom. The molecule has 0 bridgehead atoms. The number of aryl methyl sites for hydroxylation is 1. The van der Waals surface area contributed by atoms with Crippen molar-refractivity contribution in [2.24, 2.45) is 5.92 Å². The van der Waals surface area contributed by atoms with Crippen molar-refractivity contribution in [1.82, 2.24) is 14.9 Å². The lowest BCUT2D eigenvalue weighted by Gasteiger charge is -2.38. The molecule has 0 N–H and O–H groups in total. The van der Waals surface area contributed by atoms with Crippen molar-refractivity contribution in [2.75, 3.05) is 13.2 Å². The van der Waals surface area contributed by atoms with Gasteiger partial charge >= 0.3 is 0 Å². The Balaban J connectivity index is 1.52. The SMILES string of the molecule is Cc1ccc(-c2ccccn2)c(C(=O)N2C[C@H](COc3ccc(F)cn3)CC[C@H]2C)c1. The Hall–Kier alpha value is -3.28. The molecular formula is C25H26FN3O2. The number of piperidine rings is 1. The lowest BCUT2D eigenvalue weighted by molar-refractivity contribution is 0.0503. The number of carbonyl (C=O) groups excluding carboxylic acids is 1. The quantitative estimate of drug-likeness (QED) is 0.590. The number of aromatic nitrogens is 2. The van der Waals surface area contributed by atoms with Crippen molar-refractivity contribution in [3.63, 3.8) is 0 Å². The number of likely N-dealkylation sites (tertiary alicyclic amines) is 1. The third kappa shape index (κ3) is 4.90. The van der Waals surface area contributed by atoms with Crippen LogP contribution in [0.4, 0.5) is 4.39 Å². The van der Waals surface area contributed by atoms with Crippen molar-refractivity contribution in [2.45, 2.75) is 32.7 Å². The van der Waals surface area contributed by atoms with Crippen molar-refractivity contribution >= 4 is 5.91 Å². The fraction of sp³-hybridized carbons (Fsp3) is 0.320. The second kappa shape index (κ2) is 9.25. The van der Waals surface area contributed by atoms with E-state index in [1.807, 2.05) is 48.2 Å². The largest absolute Gasteiger partial charge is 0.477 e. The number of ether oxygens (including phenoxy) is 1. The predicted octanol–water partition coefficient (Wildman–Crippen LogP) is 4.91. The van der Waals surface area contributed by atoms with Crippen molar-refractivity contribution in [3.8, 4) is 17.1 Å². The predicted molar refractivity (Wildman–Crippen MR) is 117 cm³/mol. The molecule has 1 amide bonds. The fourth-order valence-electron chi connectivity index (χ4n) is 3.99. The Kier molecular flexibility index (Phi) is 6.26. The van der Waals surface area contributed by atoms with Crippen LogP contribution in [-0.4, -0.2) is 40.0 Å². The highest BCUT2D eigenvalue weighted by molar-refractivity contribution is 6.01. The highest BCUT2D eigenvalue weighted by Gasteiger charge is 2.31. The molecule has 0 saturated carbocycles. The minimum Gasteiger partial charge on any atom is -0.477 e. The van der Waals surface area contributed by atoms with Gasteiger partial charge in [0.1, 0.15) is 5.82 Å². The van der Waals surface area contributed by atoms with E-state index in [1.165, 1.54) is 12.1 Å². The molecule has 1 fully saturated rings. The average molecular weight is 420 g/mol. The molecule has 31 heavy (non-hydrogen) atoms. The van der Waals surface area contributed by atoms with Crippen LogP contribution in [0.2, 0.25) is 0 Å². The van der Waals surface area contributed by atoms with Gasteiger partial charge in [0.05, 0.1) is 18.5 Å². The maximum Gasteiger partial charge on any atom is 0.254 e. The van der Waals surface area contributed by atoms with E-state index in [9.17, 15) is 9.18 Å². The molecule has 3 heterocycles. The zero-order valence-electron chi connectivity index (χ0n) is 17.8. The van der Waals surface area contributed by atoms with Crippen LogP contribution < -0.4 is 4.74 Å². The summed E-state index contributed by atoms with van der Waals surface area (Å²) >= 11 is 0. The van der Waals surface area contributed by atoms with Crippen LogP contribution in [-0.2, 0) is 0 Å². The normalized spacial score (nSPS) is 18.6. The van der Waals surface area contributed by atoms with Crippen molar-refractivity contribution < 1.29 is 13.9 Å². The molecule has 6 heteroatoms. The Labute approximate surface area is 181 Å². The molecule has 2 aromatic heterocycles. The van der Waals surface area contributed by atoms with E-state index in [0.717, 1.165) is 35.9 Å². The molecule has 2 atom stereocenters. The topological polar surface area (TPSA) is 55.3 Å². The minimum atomic E-state index is -0.391. The summed E-state index contributed by atoms with van der Waals surface area (Å²) in [6.45, 7) is 5.13. The standard InChI is InChI=1S/C25H26FN3O2/c1-17-6-10-21(23-5-3-4-12-27-23)22(13-17)25(30)29-15-19(8-7-18(29)2)16-31-24-11-9-20(26)14-28-24/h3-6,9-14,18-19H,7-8,15-16H2,1-2H3/t18-,19-/m1/s1. The molecule has 4 rings (SSSR count). The lowest BCUT2D eigenvalue weighted by atomic mass is 9.92. The van der Waals surface area contributed by atoms with Crippen LogP contribution in [0.25, 0.3) is 11.3 Å². The van der Waals surface area contributed by atoms with E-state index in [0.29, 0.717) is 24.6 Å². The zero-order chi connectivity index (χ0) is 21.8. The first-order valence-corrected chi connectivity index (χ1v) is 10.6. The first kappa shape index (κ1) is 21.0. The summed E-state index contributed by atoms with van der Waals surface area (Å²) in [5, 5.41) is 0. The molecular weight excluding hydrogens is 393 g/mol. The summed E-state index contributed by atoms with van der Waals surface area (Å²) < 4.78 is 18.8. The van der Waals surface area contributed by atoms with E-state index in [4.69, 9.17) is 4.74 Å². The number of amides is 1. The first-order chi connectivity index (χ1) is 15.0. The number of rotatable bonds is 5. The highest BCUT2D eigenvalue weighted by Crippen LogP contribution is 2.29.